The maximum Gasteiger partial charge on any atom is 0.224 e. The third kappa shape index (κ3) is 5.72. The summed E-state index contributed by atoms with van der Waals surface area (Å²) in [4.78, 5) is 11.7. The second-order valence-corrected chi connectivity index (χ2v) is 5.25. The smallest absolute Gasteiger partial charge is 0.224 e. The van der Waals surface area contributed by atoms with Gasteiger partial charge in [0.2, 0.25) is 5.91 Å². The minimum Gasteiger partial charge on any atom is -0.396 e. The van der Waals surface area contributed by atoms with Gasteiger partial charge in [0.15, 0.2) is 0 Å². The fourth-order valence-electron chi connectivity index (χ4n) is 1.74. The van der Waals surface area contributed by atoms with Gasteiger partial charge in [-0.05, 0) is 31.6 Å². The van der Waals surface area contributed by atoms with Crippen LogP contribution in [0.3, 0.4) is 0 Å². The average molecular weight is 246 g/mol. The van der Waals surface area contributed by atoms with Crippen LogP contribution in [0.5, 0.6) is 0 Å². The van der Waals surface area contributed by atoms with Crippen LogP contribution in [-0.2, 0) is 4.79 Å². The molecule has 1 amide bonds. The zero-order valence-electron chi connectivity index (χ0n) is 9.71. The van der Waals surface area contributed by atoms with Crippen molar-refractivity contribution in [2.24, 2.45) is 5.92 Å². The van der Waals surface area contributed by atoms with Gasteiger partial charge in [-0.25, -0.2) is 0 Å². The lowest BCUT2D eigenvalue weighted by Gasteiger charge is -2.21. The van der Waals surface area contributed by atoms with Gasteiger partial charge in [-0.2, -0.15) is 11.8 Å². The van der Waals surface area contributed by atoms with E-state index in [9.17, 15) is 4.79 Å². The van der Waals surface area contributed by atoms with Crippen LogP contribution in [0, 0.1) is 5.92 Å². The van der Waals surface area contributed by atoms with E-state index < -0.39 is 0 Å². The number of carbonyl (C=O) groups excluding carboxylic acids is 1. The minimum atomic E-state index is 0.163. The van der Waals surface area contributed by atoms with E-state index in [0.717, 1.165) is 50.4 Å². The molecule has 1 fully saturated rings. The quantitative estimate of drug-likeness (QED) is 0.562. The van der Waals surface area contributed by atoms with Crippen LogP contribution in [0.4, 0.5) is 0 Å². The number of thioether (sulfide) groups is 1. The largest absolute Gasteiger partial charge is 0.396 e. The second kappa shape index (κ2) is 8.84. The highest BCUT2D eigenvalue weighted by Gasteiger charge is 2.19. The van der Waals surface area contributed by atoms with E-state index >= 15 is 0 Å². The van der Waals surface area contributed by atoms with Crippen LogP contribution < -0.4 is 10.6 Å². The molecule has 0 radical (unpaired) electrons. The molecule has 0 aromatic heterocycles. The first-order valence-electron chi connectivity index (χ1n) is 6.01. The molecule has 0 spiro atoms. The van der Waals surface area contributed by atoms with E-state index in [1.54, 1.807) is 11.8 Å². The lowest BCUT2D eigenvalue weighted by Crippen LogP contribution is -2.41. The zero-order chi connectivity index (χ0) is 11.6. The van der Waals surface area contributed by atoms with Crippen molar-refractivity contribution in [1.82, 2.24) is 10.6 Å². The van der Waals surface area contributed by atoms with Gasteiger partial charge in [0.05, 0.1) is 5.92 Å². The molecular formula is C11H22N2O2S. The summed E-state index contributed by atoms with van der Waals surface area (Å²) >= 11 is 1.78. The molecule has 1 rings (SSSR count). The van der Waals surface area contributed by atoms with Crippen molar-refractivity contribution in [2.75, 3.05) is 37.7 Å². The topological polar surface area (TPSA) is 61.4 Å². The lowest BCUT2D eigenvalue weighted by atomic mass is 9.99. The molecule has 94 valence electrons. The first kappa shape index (κ1) is 13.8. The van der Waals surface area contributed by atoms with Crippen LogP contribution >= 0.6 is 11.8 Å². The number of amides is 1. The summed E-state index contributed by atoms with van der Waals surface area (Å²) in [6.45, 7) is 2.86. The Bertz CT molecular complexity index is 196. The Labute approximate surface area is 102 Å². The average Bonchev–Trinajstić information content (AvgIpc) is 2.34. The number of piperidine rings is 1. The third-order valence-corrected chi connectivity index (χ3v) is 3.73. The summed E-state index contributed by atoms with van der Waals surface area (Å²) in [5.74, 6) is 2.26. The third-order valence-electron chi connectivity index (χ3n) is 2.66. The van der Waals surface area contributed by atoms with Crippen LogP contribution in [0.15, 0.2) is 0 Å². The fourth-order valence-corrected chi connectivity index (χ4v) is 2.52. The summed E-state index contributed by atoms with van der Waals surface area (Å²) in [6, 6.07) is 0. The molecule has 0 aromatic carbocycles. The first-order valence-corrected chi connectivity index (χ1v) is 7.17. The number of rotatable bonds is 7. The number of nitrogens with one attached hydrogen (secondary N) is 2. The summed E-state index contributed by atoms with van der Waals surface area (Å²) in [6.07, 6.45) is 2.95. The number of hydrogen-bond donors (Lipinski definition) is 3. The second-order valence-electron chi connectivity index (χ2n) is 4.02. The number of aliphatic hydroxyl groups is 1. The van der Waals surface area contributed by atoms with Crippen molar-refractivity contribution in [3.05, 3.63) is 0 Å². The molecule has 0 unspecified atom stereocenters. The molecular weight excluding hydrogens is 224 g/mol. The molecule has 0 aromatic rings. The van der Waals surface area contributed by atoms with Gasteiger partial charge in [0.1, 0.15) is 0 Å². The van der Waals surface area contributed by atoms with E-state index in [0.29, 0.717) is 0 Å². The van der Waals surface area contributed by atoms with Gasteiger partial charge >= 0.3 is 0 Å². The lowest BCUT2D eigenvalue weighted by molar-refractivity contribution is -0.125. The molecule has 0 saturated carbocycles. The van der Waals surface area contributed by atoms with E-state index in [2.05, 4.69) is 10.6 Å². The Balaban J connectivity index is 1.97. The van der Waals surface area contributed by atoms with Gasteiger partial charge in [0.25, 0.3) is 0 Å². The minimum absolute atomic E-state index is 0.163. The van der Waals surface area contributed by atoms with Gasteiger partial charge in [-0.3, -0.25) is 4.79 Å². The van der Waals surface area contributed by atoms with E-state index in [1.165, 1.54) is 0 Å². The molecule has 1 aliphatic heterocycles. The van der Waals surface area contributed by atoms with Gasteiger partial charge in [-0.1, -0.05) is 0 Å². The zero-order valence-corrected chi connectivity index (χ0v) is 10.5. The monoisotopic (exact) mass is 246 g/mol. The van der Waals surface area contributed by atoms with Gasteiger partial charge in [-0.15, -0.1) is 0 Å². The number of carbonyl (C=O) groups is 1. The van der Waals surface area contributed by atoms with Crippen molar-refractivity contribution in [2.45, 2.75) is 19.3 Å². The predicted octanol–water partition coefficient (Wildman–Crippen LogP) is 0.218. The number of aliphatic hydroxyl groups excluding tert-OH is 1. The van der Waals surface area contributed by atoms with E-state index in [-0.39, 0.29) is 18.4 Å². The molecule has 0 bridgehead atoms. The molecule has 5 heteroatoms. The van der Waals surface area contributed by atoms with Crippen molar-refractivity contribution in [3.63, 3.8) is 0 Å². The van der Waals surface area contributed by atoms with Crippen LogP contribution in [0.25, 0.3) is 0 Å². The highest BCUT2D eigenvalue weighted by atomic mass is 32.2. The Hall–Kier alpha value is -0.260. The van der Waals surface area contributed by atoms with Crippen molar-refractivity contribution in [3.8, 4) is 0 Å². The standard InChI is InChI=1S/C11H22N2O2S/c14-6-2-7-16-8-5-13-11(15)10-3-1-4-12-9-10/h10,12,14H,1-9H2,(H,13,15)/t10-/m1/s1. The van der Waals surface area contributed by atoms with Crippen molar-refractivity contribution < 1.29 is 9.90 Å². The van der Waals surface area contributed by atoms with Crippen LogP contribution in [0.2, 0.25) is 0 Å². The highest BCUT2D eigenvalue weighted by Crippen LogP contribution is 2.09. The number of hydrogen-bond acceptors (Lipinski definition) is 4. The Morgan fingerprint density at radius 1 is 1.50 bits per heavy atom. The van der Waals surface area contributed by atoms with Crippen LogP contribution in [-0.4, -0.2) is 48.8 Å². The Morgan fingerprint density at radius 2 is 2.38 bits per heavy atom. The molecule has 0 aliphatic carbocycles. The Morgan fingerprint density at radius 3 is 3.06 bits per heavy atom. The van der Waals surface area contributed by atoms with Gasteiger partial charge in [0, 0.05) is 25.4 Å². The van der Waals surface area contributed by atoms with Gasteiger partial charge < -0.3 is 15.7 Å². The first-order chi connectivity index (χ1) is 7.84. The normalized spacial score (nSPS) is 20.7. The highest BCUT2D eigenvalue weighted by molar-refractivity contribution is 7.99. The van der Waals surface area contributed by atoms with Crippen LogP contribution in [0.1, 0.15) is 19.3 Å². The molecule has 1 atom stereocenters. The SMILES string of the molecule is O=C(NCCSCCCO)[C@@H]1CCCNC1. The van der Waals surface area contributed by atoms with E-state index in [4.69, 9.17) is 5.11 Å². The van der Waals surface area contributed by atoms with Crippen molar-refractivity contribution >= 4 is 17.7 Å². The molecule has 4 nitrogen and oxygen atoms in total. The van der Waals surface area contributed by atoms with Crippen molar-refractivity contribution in [1.29, 1.82) is 0 Å². The predicted molar refractivity (Wildman–Crippen MR) is 67.6 cm³/mol. The summed E-state index contributed by atoms with van der Waals surface area (Å²) < 4.78 is 0. The fraction of sp³-hybridized carbons (Fsp3) is 0.909. The molecule has 1 aliphatic rings. The Kier molecular flexibility index (Phi) is 7.63. The summed E-state index contributed by atoms with van der Waals surface area (Å²) in [7, 11) is 0. The molecule has 3 N–H and O–H groups in total. The maximum atomic E-state index is 11.7. The maximum absolute atomic E-state index is 11.7. The van der Waals surface area contributed by atoms with E-state index in [1.807, 2.05) is 0 Å². The summed E-state index contributed by atoms with van der Waals surface area (Å²) in [5.41, 5.74) is 0. The molecule has 16 heavy (non-hydrogen) atoms. The molecule has 1 saturated heterocycles. The molecule has 1 heterocycles. The summed E-state index contributed by atoms with van der Waals surface area (Å²) in [5, 5.41) is 14.8.